The first-order valence-electron chi connectivity index (χ1n) is 8.10. The van der Waals surface area contributed by atoms with E-state index in [1.54, 1.807) is 17.0 Å². The third-order valence-corrected chi connectivity index (χ3v) is 5.56. The van der Waals surface area contributed by atoms with Crippen molar-refractivity contribution in [3.05, 3.63) is 52.5 Å². The van der Waals surface area contributed by atoms with Gasteiger partial charge in [-0.25, -0.2) is 13.6 Å². The summed E-state index contributed by atoms with van der Waals surface area (Å²) in [6, 6.07) is 11.4. The maximum atomic E-state index is 12.6. The van der Waals surface area contributed by atoms with Crippen LogP contribution < -0.4 is 20.8 Å². The van der Waals surface area contributed by atoms with Crippen LogP contribution in [0.1, 0.15) is 12.5 Å². The smallest absolute Gasteiger partial charge is 0.279 e. The van der Waals surface area contributed by atoms with Gasteiger partial charge in [-0.05, 0) is 55.5 Å². The molecule has 0 spiro atoms. The number of hydrazone groups is 1. The van der Waals surface area contributed by atoms with Crippen molar-refractivity contribution in [2.75, 3.05) is 16.8 Å². The summed E-state index contributed by atoms with van der Waals surface area (Å²) in [5.41, 5.74) is 4.75. The van der Waals surface area contributed by atoms with Gasteiger partial charge in [-0.2, -0.15) is 5.10 Å². The molecule has 146 valence electrons. The average Bonchev–Trinajstić information content (AvgIpc) is 2.89. The largest absolute Gasteiger partial charge is 0.331 e. The average molecular weight is 482 g/mol. The lowest BCUT2D eigenvalue weighted by Crippen LogP contribution is -2.32. The molecular weight excluding hydrogens is 466 g/mol. The predicted octanol–water partition coefficient (Wildman–Crippen LogP) is 2.15. The summed E-state index contributed by atoms with van der Waals surface area (Å²) < 4.78 is 23.7. The lowest BCUT2D eigenvalue weighted by Gasteiger charge is -2.13. The number of amides is 1. The highest BCUT2D eigenvalue weighted by Gasteiger charge is 2.33. The van der Waals surface area contributed by atoms with Crippen molar-refractivity contribution in [1.29, 1.82) is 0 Å². The number of fused-ring (bicyclic) bond motifs is 1. The second-order valence-corrected chi connectivity index (χ2v) is 8.70. The minimum Gasteiger partial charge on any atom is -0.331 e. The van der Waals surface area contributed by atoms with Crippen molar-refractivity contribution in [2.45, 2.75) is 11.8 Å². The molecule has 4 N–H and O–H groups in total. The summed E-state index contributed by atoms with van der Waals surface area (Å²) in [6.07, 6.45) is 0. The molecule has 0 radical (unpaired) electrons. The zero-order valence-electron chi connectivity index (χ0n) is 14.6. The van der Waals surface area contributed by atoms with Gasteiger partial charge in [-0.1, -0.05) is 22.0 Å². The highest BCUT2D eigenvalue weighted by molar-refractivity contribution is 9.10. The van der Waals surface area contributed by atoms with E-state index in [4.69, 9.17) is 17.4 Å². The monoisotopic (exact) mass is 481 g/mol. The summed E-state index contributed by atoms with van der Waals surface area (Å²) >= 11 is 8.59. The highest BCUT2D eigenvalue weighted by Crippen LogP contribution is 2.31. The number of carbonyl (C=O) groups is 1. The number of primary sulfonamides is 1. The van der Waals surface area contributed by atoms with Crippen molar-refractivity contribution in [3.8, 4) is 0 Å². The summed E-state index contributed by atoms with van der Waals surface area (Å²) in [5, 5.41) is 12.2. The number of likely N-dealkylation sites (N-methyl/N-ethyl adjacent to an activating group) is 1. The summed E-state index contributed by atoms with van der Waals surface area (Å²) in [7, 11) is -3.83. The molecule has 0 saturated heterocycles. The van der Waals surface area contributed by atoms with E-state index in [1.165, 1.54) is 18.2 Å². The number of rotatable bonds is 4. The fourth-order valence-corrected chi connectivity index (χ4v) is 3.79. The van der Waals surface area contributed by atoms with Crippen molar-refractivity contribution in [1.82, 2.24) is 5.43 Å². The van der Waals surface area contributed by atoms with Crippen LogP contribution in [0, 0.1) is 0 Å². The Labute approximate surface area is 176 Å². The van der Waals surface area contributed by atoms with Gasteiger partial charge in [-0.15, -0.1) is 0 Å². The van der Waals surface area contributed by atoms with Crippen LogP contribution in [-0.4, -0.2) is 31.7 Å². The van der Waals surface area contributed by atoms with Crippen LogP contribution in [0.25, 0.3) is 0 Å². The first-order valence-corrected chi connectivity index (χ1v) is 10.8. The molecule has 0 saturated carbocycles. The van der Waals surface area contributed by atoms with Crippen LogP contribution in [0.3, 0.4) is 0 Å². The second kappa shape index (κ2) is 7.95. The summed E-state index contributed by atoms with van der Waals surface area (Å²) in [6.45, 7) is 2.38. The lowest BCUT2D eigenvalue weighted by atomic mass is 10.1. The van der Waals surface area contributed by atoms with E-state index in [0.29, 0.717) is 17.8 Å². The van der Waals surface area contributed by atoms with Crippen LogP contribution in [0.15, 0.2) is 56.9 Å². The number of nitrogens with zero attached hydrogens (tertiary/aromatic N) is 2. The number of carbonyl (C=O) groups excluding carboxylic acids is 1. The minimum absolute atomic E-state index is 0.0457. The van der Waals surface area contributed by atoms with E-state index < -0.39 is 10.0 Å². The Bertz CT molecular complexity index is 1100. The van der Waals surface area contributed by atoms with Gasteiger partial charge >= 0.3 is 0 Å². The number of sulfonamides is 1. The number of hydrogen-bond donors (Lipinski definition) is 3. The molecule has 2 aromatic rings. The molecule has 0 aliphatic carbocycles. The van der Waals surface area contributed by atoms with Crippen LogP contribution in [0.4, 0.5) is 11.4 Å². The SMILES string of the molecule is CCN1C(=O)C(=NNC(=S)Nc2cccc(S(N)(=O)=O)c2)c2ccc(Br)cc21. The number of nitrogens with two attached hydrogens (primary N) is 1. The van der Waals surface area contributed by atoms with Gasteiger partial charge in [0.05, 0.1) is 10.6 Å². The van der Waals surface area contributed by atoms with Gasteiger partial charge < -0.3 is 10.2 Å². The van der Waals surface area contributed by atoms with E-state index in [9.17, 15) is 13.2 Å². The molecule has 8 nitrogen and oxygen atoms in total. The van der Waals surface area contributed by atoms with Gasteiger partial charge in [0.25, 0.3) is 5.91 Å². The Kier molecular flexibility index (Phi) is 5.79. The van der Waals surface area contributed by atoms with Crippen LogP contribution in [0.5, 0.6) is 0 Å². The first-order chi connectivity index (χ1) is 13.2. The van der Waals surface area contributed by atoms with Gasteiger partial charge in [-0.3, -0.25) is 10.2 Å². The van der Waals surface area contributed by atoms with Crippen LogP contribution >= 0.6 is 28.1 Å². The molecule has 0 bridgehead atoms. The Morgan fingerprint density at radius 1 is 1.29 bits per heavy atom. The number of benzene rings is 2. The fourth-order valence-electron chi connectivity index (χ4n) is 2.72. The molecule has 0 aromatic heterocycles. The second-order valence-electron chi connectivity index (χ2n) is 5.81. The Balaban J connectivity index is 1.79. The van der Waals surface area contributed by atoms with Gasteiger partial charge in [0.1, 0.15) is 0 Å². The van der Waals surface area contributed by atoms with E-state index in [1.807, 2.05) is 19.1 Å². The number of hydrogen-bond acceptors (Lipinski definition) is 5. The maximum absolute atomic E-state index is 12.6. The van der Waals surface area contributed by atoms with E-state index >= 15 is 0 Å². The molecule has 2 aromatic carbocycles. The van der Waals surface area contributed by atoms with Gasteiger partial charge in [0, 0.05) is 22.3 Å². The number of thiocarbonyl (C=S) groups is 1. The molecule has 28 heavy (non-hydrogen) atoms. The molecule has 0 fully saturated rings. The zero-order chi connectivity index (χ0) is 20.5. The summed E-state index contributed by atoms with van der Waals surface area (Å²) in [4.78, 5) is 14.2. The Morgan fingerprint density at radius 2 is 2.04 bits per heavy atom. The molecular formula is C17H16BrN5O3S2. The molecule has 0 unspecified atom stereocenters. The molecule has 3 rings (SSSR count). The minimum atomic E-state index is -3.83. The number of anilines is 2. The maximum Gasteiger partial charge on any atom is 0.279 e. The lowest BCUT2D eigenvalue weighted by molar-refractivity contribution is -0.112. The standard InChI is InChI=1S/C17H16BrN5O3S2/c1-2-23-14-8-10(18)6-7-13(14)15(16(23)24)21-22-17(27)20-11-4-3-5-12(9-11)28(19,25)26/h3-9H,2H2,1H3,(H2,19,25,26)(H2,20,22,27). The van der Waals surface area contributed by atoms with E-state index in [0.717, 1.165) is 10.2 Å². The Morgan fingerprint density at radius 3 is 2.71 bits per heavy atom. The fraction of sp³-hybridized carbons (Fsp3) is 0.118. The number of halogens is 1. The van der Waals surface area contributed by atoms with E-state index in [-0.39, 0.29) is 21.6 Å². The molecule has 1 aliphatic rings. The van der Waals surface area contributed by atoms with Crippen molar-refractivity contribution < 1.29 is 13.2 Å². The quantitative estimate of drug-likeness (QED) is 0.454. The van der Waals surface area contributed by atoms with Crippen molar-refractivity contribution in [2.24, 2.45) is 10.2 Å². The van der Waals surface area contributed by atoms with Crippen molar-refractivity contribution >= 4 is 66.3 Å². The molecule has 1 amide bonds. The van der Waals surface area contributed by atoms with Crippen LogP contribution in [-0.2, 0) is 14.8 Å². The normalized spacial score (nSPS) is 14.9. The molecule has 0 atom stereocenters. The third kappa shape index (κ3) is 4.22. The Hall–Kier alpha value is -2.34. The highest BCUT2D eigenvalue weighted by atomic mass is 79.9. The predicted molar refractivity (Wildman–Crippen MR) is 116 cm³/mol. The summed E-state index contributed by atoms with van der Waals surface area (Å²) in [5.74, 6) is -0.234. The van der Waals surface area contributed by atoms with Gasteiger partial charge in [0.2, 0.25) is 10.0 Å². The molecule has 1 aliphatic heterocycles. The van der Waals surface area contributed by atoms with Gasteiger partial charge in [0.15, 0.2) is 10.8 Å². The van der Waals surface area contributed by atoms with Crippen molar-refractivity contribution in [3.63, 3.8) is 0 Å². The topological polar surface area (TPSA) is 117 Å². The van der Waals surface area contributed by atoms with E-state index in [2.05, 4.69) is 31.8 Å². The first kappa shape index (κ1) is 20.4. The molecule has 11 heteroatoms. The van der Waals surface area contributed by atoms with Crippen LogP contribution in [0.2, 0.25) is 0 Å². The zero-order valence-corrected chi connectivity index (χ0v) is 17.9. The molecule has 1 heterocycles. The number of nitrogens with one attached hydrogen (secondary N) is 2. The third-order valence-electron chi connectivity index (χ3n) is 3.96.